The lowest BCUT2D eigenvalue weighted by Gasteiger charge is -2.32. The maximum atomic E-state index is 11.8. The number of carbonyl (C=O) groups excluding carboxylic acids is 4. The van der Waals surface area contributed by atoms with Crippen LogP contribution in [0.4, 0.5) is 14.4 Å². The van der Waals surface area contributed by atoms with Crippen LogP contribution in [0.2, 0.25) is 0 Å². The van der Waals surface area contributed by atoms with Gasteiger partial charge in [-0.3, -0.25) is 4.79 Å². The molecule has 0 aromatic rings. The van der Waals surface area contributed by atoms with E-state index in [1.807, 2.05) is 20.8 Å². The molecule has 0 aromatic heterocycles. The number of ether oxygens (including phenoxy) is 5. The van der Waals surface area contributed by atoms with E-state index in [2.05, 4.69) is 4.74 Å². The van der Waals surface area contributed by atoms with E-state index in [1.165, 1.54) is 0 Å². The Morgan fingerprint density at radius 1 is 0.727 bits per heavy atom. The number of likely N-dealkylation sites (tertiary alicyclic amines) is 1. The van der Waals surface area contributed by atoms with E-state index in [1.54, 1.807) is 53.4 Å². The summed E-state index contributed by atoms with van der Waals surface area (Å²) in [6.45, 7) is 18.9. The first kappa shape index (κ1) is 30.5. The third kappa shape index (κ3) is 15.8. The minimum absolute atomic E-state index is 0.0800. The maximum Gasteiger partial charge on any atom is 0.519 e. The quantitative estimate of drug-likeness (QED) is 0.306. The molecule has 0 spiro atoms. The molecule has 33 heavy (non-hydrogen) atoms. The van der Waals surface area contributed by atoms with Crippen LogP contribution < -0.4 is 0 Å². The Bertz CT molecular complexity index is 635. The van der Waals surface area contributed by atoms with Gasteiger partial charge < -0.3 is 28.6 Å². The number of nitrogens with zero attached hydrogens (tertiary/aromatic N) is 1. The molecule has 192 valence electrons. The Morgan fingerprint density at radius 2 is 1.12 bits per heavy atom. The minimum atomic E-state index is -1.06. The van der Waals surface area contributed by atoms with Crippen LogP contribution in [-0.2, 0) is 28.5 Å². The summed E-state index contributed by atoms with van der Waals surface area (Å²) in [5.74, 6) is -0.232. The summed E-state index contributed by atoms with van der Waals surface area (Å²) in [7, 11) is 0. The lowest BCUT2D eigenvalue weighted by Crippen LogP contribution is -2.43. The maximum absolute atomic E-state index is 11.8. The first-order valence-electron chi connectivity index (χ1n) is 11.1. The van der Waals surface area contributed by atoms with Crippen molar-refractivity contribution in [2.24, 2.45) is 5.92 Å². The zero-order valence-electron chi connectivity index (χ0n) is 21.7. The van der Waals surface area contributed by atoms with Gasteiger partial charge in [-0.15, -0.1) is 0 Å². The Labute approximate surface area is 197 Å². The highest BCUT2D eigenvalue weighted by molar-refractivity contribution is 5.77. The molecule has 1 amide bonds. The second kappa shape index (κ2) is 12.6. The predicted molar refractivity (Wildman–Crippen MR) is 121 cm³/mol. The zero-order chi connectivity index (χ0) is 26.0. The fourth-order valence-corrected chi connectivity index (χ4v) is 2.49. The Hall–Kier alpha value is -2.52. The van der Waals surface area contributed by atoms with E-state index in [0.717, 1.165) is 0 Å². The molecule has 10 heteroatoms. The molecule has 1 heterocycles. The third-order valence-electron chi connectivity index (χ3n) is 3.71. The summed E-state index contributed by atoms with van der Waals surface area (Å²) >= 11 is 0. The molecule has 1 fully saturated rings. The van der Waals surface area contributed by atoms with Gasteiger partial charge in [0.2, 0.25) is 0 Å². The van der Waals surface area contributed by atoms with Gasteiger partial charge >= 0.3 is 24.4 Å². The van der Waals surface area contributed by atoms with Gasteiger partial charge in [-0.2, -0.15) is 0 Å². The lowest BCUT2D eigenvalue weighted by molar-refractivity contribution is -0.149. The van der Waals surface area contributed by atoms with Crippen molar-refractivity contribution in [2.45, 2.75) is 98.9 Å². The van der Waals surface area contributed by atoms with Crippen molar-refractivity contribution in [3.8, 4) is 0 Å². The van der Waals surface area contributed by atoms with Crippen molar-refractivity contribution < 1.29 is 42.9 Å². The number of carbonyl (C=O) groups is 4. The highest BCUT2D eigenvalue weighted by Crippen LogP contribution is 2.20. The van der Waals surface area contributed by atoms with Gasteiger partial charge in [0, 0.05) is 13.1 Å². The summed E-state index contributed by atoms with van der Waals surface area (Å²) in [5, 5.41) is 0. The van der Waals surface area contributed by atoms with E-state index in [4.69, 9.17) is 18.9 Å². The monoisotopic (exact) mass is 475 g/mol. The Morgan fingerprint density at radius 3 is 1.45 bits per heavy atom. The first-order valence-corrected chi connectivity index (χ1v) is 11.1. The Balaban J connectivity index is 0.000000633. The molecular formula is C23H41NO9. The van der Waals surface area contributed by atoms with Crippen LogP contribution in [0, 0.1) is 5.92 Å². The average Bonchev–Trinajstić information content (AvgIpc) is 2.57. The molecule has 1 rings (SSSR count). The fourth-order valence-electron chi connectivity index (χ4n) is 2.49. The standard InChI is InChI=1S/C13H23NO4.C10H18O5/c1-5-17-11(15)10-6-8-14(9-7-10)12(16)18-13(2,3)4;1-9(2,3)14-7(11)13-8(12)15-10(4,5)6/h10H,5-9H2,1-4H3;1-6H3. The second-order valence-electron chi connectivity index (χ2n) is 10.5. The van der Waals surface area contributed by atoms with Gasteiger partial charge in [0.25, 0.3) is 0 Å². The summed E-state index contributed by atoms with van der Waals surface area (Å²) < 4.78 is 24.1. The number of amides is 1. The van der Waals surface area contributed by atoms with Crippen LogP contribution in [0.5, 0.6) is 0 Å². The Kier molecular flexibility index (Phi) is 11.7. The summed E-state index contributed by atoms with van der Waals surface area (Å²) in [5.41, 5.74) is -1.87. The molecule has 10 nitrogen and oxygen atoms in total. The van der Waals surface area contributed by atoms with E-state index in [0.29, 0.717) is 32.5 Å². The van der Waals surface area contributed by atoms with Gasteiger partial charge in [0.1, 0.15) is 16.8 Å². The van der Waals surface area contributed by atoms with E-state index in [-0.39, 0.29) is 18.0 Å². The molecule has 0 N–H and O–H groups in total. The second-order valence-corrected chi connectivity index (χ2v) is 10.5. The van der Waals surface area contributed by atoms with Crippen LogP contribution in [0.25, 0.3) is 0 Å². The van der Waals surface area contributed by atoms with Crippen LogP contribution in [0.3, 0.4) is 0 Å². The third-order valence-corrected chi connectivity index (χ3v) is 3.71. The number of esters is 1. The molecule has 0 saturated carbocycles. The summed E-state index contributed by atoms with van der Waals surface area (Å²) in [4.78, 5) is 47.0. The largest absolute Gasteiger partial charge is 0.519 e. The topological polar surface area (TPSA) is 118 Å². The molecule has 0 unspecified atom stereocenters. The summed E-state index contributed by atoms with van der Waals surface area (Å²) in [6.07, 6.45) is -1.12. The van der Waals surface area contributed by atoms with Crippen molar-refractivity contribution in [1.82, 2.24) is 4.90 Å². The molecule has 0 aliphatic carbocycles. The van der Waals surface area contributed by atoms with Crippen LogP contribution in [0.1, 0.15) is 82.1 Å². The van der Waals surface area contributed by atoms with Gasteiger partial charge in [-0.25, -0.2) is 14.4 Å². The van der Waals surface area contributed by atoms with E-state index in [9.17, 15) is 19.2 Å². The van der Waals surface area contributed by atoms with Crippen LogP contribution in [0.15, 0.2) is 0 Å². The number of hydrogen-bond acceptors (Lipinski definition) is 9. The van der Waals surface area contributed by atoms with Crippen molar-refractivity contribution in [2.75, 3.05) is 19.7 Å². The zero-order valence-corrected chi connectivity index (χ0v) is 21.7. The highest BCUT2D eigenvalue weighted by atomic mass is 16.8. The van der Waals surface area contributed by atoms with Crippen molar-refractivity contribution in [3.63, 3.8) is 0 Å². The number of hydrogen-bond donors (Lipinski definition) is 0. The lowest BCUT2D eigenvalue weighted by atomic mass is 9.97. The molecule has 0 atom stereocenters. The van der Waals surface area contributed by atoms with E-state index < -0.39 is 29.1 Å². The van der Waals surface area contributed by atoms with Crippen molar-refractivity contribution in [1.29, 1.82) is 0 Å². The number of rotatable bonds is 2. The molecular weight excluding hydrogens is 434 g/mol. The van der Waals surface area contributed by atoms with Gasteiger partial charge in [0.15, 0.2) is 0 Å². The molecule has 0 radical (unpaired) electrons. The average molecular weight is 476 g/mol. The molecule has 0 aromatic carbocycles. The first-order chi connectivity index (χ1) is 14.8. The minimum Gasteiger partial charge on any atom is -0.466 e. The SMILES string of the molecule is CC(C)(C)OC(=O)OC(=O)OC(C)(C)C.CCOC(=O)C1CCN(C(=O)OC(C)(C)C)CC1. The molecule has 1 aliphatic rings. The molecule has 1 saturated heterocycles. The predicted octanol–water partition coefficient (Wildman–Crippen LogP) is 5.07. The summed E-state index contributed by atoms with van der Waals surface area (Å²) in [6, 6.07) is 0. The molecule has 1 aliphatic heterocycles. The molecule has 0 bridgehead atoms. The van der Waals surface area contributed by atoms with Gasteiger partial charge in [-0.1, -0.05) is 0 Å². The fraction of sp³-hybridized carbons (Fsp3) is 0.826. The van der Waals surface area contributed by atoms with Crippen molar-refractivity contribution in [3.05, 3.63) is 0 Å². The van der Waals surface area contributed by atoms with Gasteiger partial charge in [-0.05, 0) is 82.1 Å². The normalized spacial score (nSPS) is 14.9. The smallest absolute Gasteiger partial charge is 0.466 e. The van der Waals surface area contributed by atoms with Gasteiger partial charge in [0.05, 0.1) is 12.5 Å². The van der Waals surface area contributed by atoms with Crippen LogP contribution >= 0.6 is 0 Å². The number of piperidine rings is 1. The van der Waals surface area contributed by atoms with Crippen LogP contribution in [-0.4, -0.2) is 65.8 Å². The van der Waals surface area contributed by atoms with Crippen molar-refractivity contribution >= 4 is 24.4 Å². The highest BCUT2D eigenvalue weighted by Gasteiger charge is 2.30. The van der Waals surface area contributed by atoms with E-state index >= 15 is 0 Å².